The molecule has 110 valence electrons. The summed E-state index contributed by atoms with van der Waals surface area (Å²) in [7, 11) is -2.67. The van der Waals surface area contributed by atoms with Crippen molar-refractivity contribution in [2.75, 3.05) is 18.2 Å². The average molecular weight is 296 g/mol. The molecule has 20 heavy (non-hydrogen) atoms. The van der Waals surface area contributed by atoms with Crippen LogP contribution in [0.2, 0.25) is 0 Å². The Bertz CT molecular complexity index is 696. The van der Waals surface area contributed by atoms with Crippen molar-refractivity contribution in [3.05, 3.63) is 36.0 Å². The number of fused-ring (bicyclic) bond motifs is 1. The zero-order valence-electron chi connectivity index (χ0n) is 12.1. The van der Waals surface area contributed by atoms with Crippen molar-refractivity contribution >= 4 is 26.4 Å². The quantitative estimate of drug-likeness (QED) is 0.835. The molecular formula is C14H20N2O3S. The van der Waals surface area contributed by atoms with Crippen LogP contribution < -0.4 is 5.73 Å². The maximum Gasteiger partial charge on any atom is 0.144 e. The monoisotopic (exact) mass is 296 g/mol. The van der Waals surface area contributed by atoms with E-state index in [4.69, 9.17) is 5.73 Å². The molecule has 5 nitrogen and oxygen atoms in total. The lowest BCUT2D eigenvalue weighted by molar-refractivity contribution is 0.0751. The predicted molar refractivity (Wildman–Crippen MR) is 82.2 cm³/mol. The molecule has 0 aliphatic carbocycles. The smallest absolute Gasteiger partial charge is 0.144 e. The lowest BCUT2D eigenvalue weighted by atomic mass is 10.0. The summed E-state index contributed by atoms with van der Waals surface area (Å²) < 4.78 is 19.3. The highest BCUT2D eigenvalue weighted by molar-refractivity contribution is 7.89. The summed E-state index contributed by atoms with van der Waals surface area (Å²) in [6.45, 7) is 3.36. The number of pyridine rings is 1. The molecule has 0 saturated carbocycles. The van der Waals surface area contributed by atoms with Gasteiger partial charge in [-0.25, -0.2) is 13.4 Å². The first kappa shape index (κ1) is 16.4. The molecule has 1 aromatic carbocycles. The molecule has 0 fully saturated rings. The molecule has 0 saturated heterocycles. The summed E-state index contributed by atoms with van der Waals surface area (Å²) in [6, 6.07) is 9.55. The van der Waals surface area contributed by atoms with E-state index in [-0.39, 0.29) is 0 Å². The van der Waals surface area contributed by atoms with Gasteiger partial charge in [-0.05, 0) is 26.0 Å². The van der Waals surface area contributed by atoms with Gasteiger partial charge in [0.05, 0.1) is 16.9 Å². The summed E-state index contributed by atoms with van der Waals surface area (Å²) in [4.78, 5) is 4.37. The highest BCUT2D eigenvalue weighted by atomic mass is 32.2. The average Bonchev–Trinajstić information content (AvgIpc) is 2.24. The van der Waals surface area contributed by atoms with Gasteiger partial charge in [0.2, 0.25) is 0 Å². The van der Waals surface area contributed by atoms with E-state index < -0.39 is 15.4 Å². The third kappa shape index (κ3) is 5.14. The number of nitrogens with zero attached hydrogens (tertiary/aromatic N) is 1. The molecule has 0 aliphatic rings. The summed E-state index contributed by atoms with van der Waals surface area (Å²) >= 11 is 0. The van der Waals surface area contributed by atoms with E-state index in [1.54, 1.807) is 13.8 Å². The zero-order chi connectivity index (χ0) is 15.6. The van der Waals surface area contributed by atoms with Gasteiger partial charge in [0.25, 0.3) is 0 Å². The molecule has 0 bridgehead atoms. The second kappa shape index (κ2) is 5.76. The summed E-state index contributed by atoms with van der Waals surface area (Å²) in [5, 5.41) is 10.9. The predicted octanol–water partition coefficient (Wildman–Crippen LogP) is 1.71. The number of hydrogen-bond acceptors (Lipinski definition) is 5. The molecule has 2 aromatic rings. The van der Waals surface area contributed by atoms with Crippen molar-refractivity contribution in [1.29, 1.82) is 0 Å². The second-order valence-corrected chi connectivity index (χ2v) is 7.61. The van der Waals surface area contributed by atoms with Crippen molar-refractivity contribution < 1.29 is 13.5 Å². The first-order valence-corrected chi connectivity index (χ1v) is 8.31. The van der Waals surface area contributed by atoms with Gasteiger partial charge in [0.1, 0.15) is 15.4 Å². The van der Waals surface area contributed by atoms with Gasteiger partial charge >= 0.3 is 0 Å². The fourth-order valence-corrected chi connectivity index (χ4v) is 1.62. The number of benzene rings is 1. The molecule has 0 radical (unpaired) electrons. The number of para-hydroxylation sites is 1. The van der Waals surface area contributed by atoms with Gasteiger partial charge in [-0.2, -0.15) is 0 Å². The Morgan fingerprint density at radius 1 is 1.20 bits per heavy atom. The first-order chi connectivity index (χ1) is 8.98. The van der Waals surface area contributed by atoms with Crippen LogP contribution in [-0.2, 0) is 15.4 Å². The summed E-state index contributed by atoms with van der Waals surface area (Å²) in [6.07, 6.45) is 2.32. The van der Waals surface area contributed by atoms with Crippen molar-refractivity contribution in [2.24, 2.45) is 0 Å². The maximum atomic E-state index is 9.89. The van der Waals surface area contributed by atoms with Gasteiger partial charge in [0, 0.05) is 17.9 Å². The minimum atomic E-state index is -2.67. The Morgan fingerprint density at radius 3 is 2.20 bits per heavy atom. The van der Waals surface area contributed by atoms with Crippen molar-refractivity contribution in [3.63, 3.8) is 0 Å². The Hall–Kier alpha value is -1.66. The van der Waals surface area contributed by atoms with Gasteiger partial charge in [-0.1, -0.05) is 18.2 Å². The van der Waals surface area contributed by atoms with E-state index >= 15 is 0 Å². The van der Waals surface area contributed by atoms with Crippen LogP contribution in [0.4, 0.5) is 5.69 Å². The summed E-state index contributed by atoms with van der Waals surface area (Å²) in [5.41, 5.74) is 6.75. The Labute approximate surface area is 119 Å². The SMILES string of the molecule is CC(C)(O)c1nc2ccccc2cc1N.CS(C)(=O)=O. The number of nitrogen functional groups attached to an aromatic ring is 1. The van der Waals surface area contributed by atoms with Gasteiger partial charge in [-0.15, -0.1) is 0 Å². The molecule has 0 amide bonds. The molecule has 0 atom stereocenters. The van der Waals surface area contributed by atoms with Crippen LogP contribution in [0.25, 0.3) is 10.9 Å². The molecule has 3 N–H and O–H groups in total. The highest BCUT2D eigenvalue weighted by Gasteiger charge is 2.21. The first-order valence-electron chi connectivity index (χ1n) is 6.01. The van der Waals surface area contributed by atoms with E-state index in [9.17, 15) is 13.5 Å². The fourth-order valence-electron chi connectivity index (χ4n) is 1.62. The van der Waals surface area contributed by atoms with Crippen LogP contribution in [0.3, 0.4) is 0 Å². The zero-order valence-corrected chi connectivity index (χ0v) is 12.9. The second-order valence-electron chi connectivity index (χ2n) is 5.32. The van der Waals surface area contributed by atoms with Crippen LogP contribution in [-0.4, -0.2) is 31.0 Å². The number of nitrogens with two attached hydrogens (primary N) is 1. The molecule has 1 aromatic heterocycles. The number of sulfone groups is 1. The Morgan fingerprint density at radius 2 is 1.70 bits per heavy atom. The largest absolute Gasteiger partial charge is 0.397 e. The number of aliphatic hydroxyl groups is 1. The summed E-state index contributed by atoms with van der Waals surface area (Å²) in [5.74, 6) is 0. The lowest BCUT2D eigenvalue weighted by Gasteiger charge is -2.19. The molecule has 1 heterocycles. The van der Waals surface area contributed by atoms with Crippen LogP contribution in [0, 0.1) is 0 Å². The Kier molecular flexibility index (Phi) is 4.73. The van der Waals surface area contributed by atoms with Gasteiger partial charge in [-0.3, -0.25) is 0 Å². The van der Waals surface area contributed by atoms with E-state index in [0.717, 1.165) is 23.4 Å². The number of hydrogen-bond donors (Lipinski definition) is 2. The number of rotatable bonds is 1. The van der Waals surface area contributed by atoms with Gasteiger partial charge in [0.15, 0.2) is 0 Å². The third-order valence-corrected chi connectivity index (χ3v) is 2.33. The standard InChI is InChI=1S/C12H14N2O.C2H6O2S/c1-12(2,15)11-9(13)7-8-5-3-4-6-10(8)14-11;1-5(2,3)4/h3-7,15H,13H2,1-2H3;1-2H3. The van der Waals surface area contributed by atoms with Crippen LogP contribution in [0.1, 0.15) is 19.5 Å². The lowest BCUT2D eigenvalue weighted by Crippen LogP contribution is -2.19. The molecule has 0 spiro atoms. The van der Waals surface area contributed by atoms with E-state index in [0.29, 0.717) is 11.4 Å². The van der Waals surface area contributed by atoms with E-state index in [1.807, 2.05) is 30.3 Å². The minimum Gasteiger partial charge on any atom is -0.397 e. The third-order valence-electron chi connectivity index (χ3n) is 2.33. The van der Waals surface area contributed by atoms with E-state index in [2.05, 4.69) is 4.98 Å². The maximum absolute atomic E-state index is 9.89. The molecule has 0 aliphatic heterocycles. The van der Waals surface area contributed by atoms with Gasteiger partial charge < -0.3 is 10.8 Å². The molecule has 6 heteroatoms. The normalized spacial score (nSPS) is 11.8. The van der Waals surface area contributed by atoms with Crippen molar-refractivity contribution in [1.82, 2.24) is 4.98 Å². The fraction of sp³-hybridized carbons (Fsp3) is 0.357. The van der Waals surface area contributed by atoms with Crippen LogP contribution >= 0.6 is 0 Å². The molecule has 0 unspecified atom stereocenters. The van der Waals surface area contributed by atoms with Crippen molar-refractivity contribution in [2.45, 2.75) is 19.4 Å². The van der Waals surface area contributed by atoms with Crippen molar-refractivity contribution in [3.8, 4) is 0 Å². The number of anilines is 1. The topological polar surface area (TPSA) is 93.3 Å². The Balaban J connectivity index is 0.000000347. The minimum absolute atomic E-state index is 0.529. The highest BCUT2D eigenvalue weighted by Crippen LogP contribution is 2.26. The van der Waals surface area contributed by atoms with Crippen LogP contribution in [0.15, 0.2) is 30.3 Å². The molecule has 2 rings (SSSR count). The number of aromatic nitrogens is 1. The molecular weight excluding hydrogens is 276 g/mol. The van der Waals surface area contributed by atoms with Crippen LogP contribution in [0.5, 0.6) is 0 Å². The van der Waals surface area contributed by atoms with E-state index in [1.165, 1.54) is 0 Å².